The Bertz CT molecular complexity index is 737. The van der Waals surface area contributed by atoms with Gasteiger partial charge < -0.3 is 10.6 Å². The van der Waals surface area contributed by atoms with Crippen LogP contribution >= 0.6 is 11.3 Å². The molecule has 3 aromatic rings. The molecule has 0 amide bonds. The highest BCUT2D eigenvalue weighted by atomic mass is 32.1. The molecule has 0 aliphatic heterocycles. The SMILES string of the molecule is CC(c1cccs1)N(C)c1nc2ccccc2cc1CN. The molecule has 2 N–H and O–H groups in total. The van der Waals surface area contributed by atoms with Crippen molar-refractivity contribution in [2.75, 3.05) is 11.9 Å². The van der Waals surface area contributed by atoms with Crippen molar-refractivity contribution in [3.8, 4) is 0 Å². The number of pyridine rings is 1. The summed E-state index contributed by atoms with van der Waals surface area (Å²) in [4.78, 5) is 8.37. The molecule has 1 unspecified atom stereocenters. The molecular weight excluding hydrogens is 278 g/mol. The second kappa shape index (κ2) is 5.84. The topological polar surface area (TPSA) is 42.2 Å². The third-order valence-electron chi connectivity index (χ3n) is 3.87. The van der Waals surface area contributed by atoms with Gasteiger partial charge in [0.2, 0.25) is 0 Å². The van der Waals surface area contributed by atoms with Crippen molar-refractivity contribution in [2.45, 2.75) is 19.5 Å². The van der Waals surface area contributed by atoms with Crippen LogP contribution in [0.15, 0.2) is 47.8 Å². The molecule has 0 bridgehead atoms. The Balaban J connectivity index is 2.05. The first-order valence-corrected chi connectivity index (χ1v) is 7.93. The van der Waals surface area contributed by atoms with Gasteiger partial charge in [-0.25, -0.2) is 4.98 Å². The monoisotopic (exact) mass is 297 g/mol. The van der Waals surface area contributed by atoms with E-state index in [1.807, 2.05) is 18.2 Å². The number of aromatic nitrogens is 1. The standard InChI is InChI=1S/C17H19N3S/c1-12(16-8-5-9-21-16)20(2)17-14(11-18)10-13-6-3-4-7-15(13)19-17/h3-10,12H,11,18H2,1-2H3. The van der Waals surface area contributed by atoms with E-state index in [4.69, 9.17) is 10.7 Å². The number of fused-ring (bicyclic) bond motifs is 1. The number of thiophene rings is 1. The molecule has 0 radical (unpaired) electrons. The molecule has 4 heteroatoms. The van der Waals surface area contributed by atoms with Crippen LogP contribution in [0.4, 0.5) is 5.82 Å². The maximum absolute atomic E-state index is 5.93. The Morgan fingerprint density at radius 3 is 2.76 bits per heavy atom. The molecule has 3 nitrogen and oxygen atoms in total. The van der Waals surface area contributed by atoms with E-state index in [-0.39, 0.29) is 6.04 Å². The van der Waals surface area contributed by atoms with Crippen LogP contribution in [-0.2, 0) is 6.54 Å². The van der Waals surface area contributed by atoms with Crippen molar-refractivity contribution >= 4 is 28.1 Å². The smallest absolute Gasteiger partial charge is 0.134 e. The van der Waals surface area contributed by atoms with Crippen molar-refractivity contribution < 1.29 is 0 Å². The van der Waals surface area contributed by atoms with Gasteiger partial charge in [0.25, 0.3) is 0 Å². The van der Waals surface area contributed by atoms with Gasteiger partial charge in [-0.1, -0.05) is 24.3 Å². The Kier molecular flexibility index (Phi) is 3.90. The summed E-state index contributed by atoms with van der Waals surface area (Å²) in [6.45, 7) is 2.69. The average molecular weight is 297 g/mol. The average Bonchev–Trinajstić information content (AvgIpc) is 3.06. The van der Waals surface area contributed by atoms with Crippen molar-refractivity contribution in [2.24, 2.45) is 5.73 Å². The molecule has 2 heterocycles. The molecule has 0 spiro atoms. The normalized spacial score (nSPS) is 12.5. The summed E-state index contributed by atoms with van der Waals surface area (Å²) in [5, 5.41) is 3.25. The van der Waals surface area contributed by atoms with E-state index in [1.165, 1.54) is 4.88 Å². The predicted octanol–water partition coefficient (Wildman–Crippen LogP) is 3.95. The summed E-state index contributed by atoms with van der Waals surface area (Å²) >= 11 is 1.77. The van der Waals surface area contributed by atoms with Gasteiger partial charge in [0, 0.05) is 29.4 Å². The van der Waals surface area contributed by atoms with Gasteiger partial charge in [0.15, 0.2) is 0 Å². The maximum atomic E-state index is 5.93. The number of anilines is 1. The second-order valence-electron chi connectivity index (χ2n) is 5.17. The minimum atomic E-state index is 0.281. The van der Waals surface area contributed by atoms with E-state index in [0.29, 0.717) is 6.54 Å². The molecule has 0 saturated carbocycles. The zero-order valence-electron chi connectivity index (χ0n) is 12.3. The number of benzene rings is 1. The number of nitrogens with zero attached hydrogens (tertiary/aromatic N) is 2. The fourth-order valence-electron chi connectivity index (χ4n) is 2.51. The highest BCUT2D eigenvalue weighted by Crippen LogP contribution is 2.30. The molecule has 0 aliphatic rings. The summed E-state index contributed by atoms with van der Waals surface area (Å²) in [5.41, 5.74) is 8.03. The van der Waals surface area contributed by atoms with Crippen molar-refractivity contribution in [3.63, 3.8) is 0 Å². The van der Waals surface area contributed by atoms with Crippen LogP contribution in [0.5, 0.6) is 0 Å². The van der Waals surface area contributed by atoms with Crippen LogP contribution in [0, 0.1) is 0 Å². The number of nitrogens with two attached hydrogens (primary N) is 1. The summed E-state index contributed by atoms with van der Waals surface area (Å²) in [6, 6.07) is 14.8. The van der Waals surface area contributed by atoms with Crippen LogP contribution in [0.1, 0.15) is 23.4 Å². The van der Waals surface area contributed by atoms with Crippen LogP contribution in [0.2, 0.25) is 0 Å². The number of hydrogen-bond acceptors (Lipinski definition) is 4. The molecule has 0 fully saturated rings. The minimum Gasteiger partial charge on any atom is -0.352 e. The quantitative estimate of drug-likeness (QED) is 0.793. The van der Waals surface area contributed by atoms with E-state index >= 15 is 0 Å². The zero-order chi connectivity index (χ0) is 14.8. The Hall–Kier alpha value is -1.91. The molecule has 1 atom stereocenters. The minimum absolute atomic E-state index is 0.281. The lowest BCUT2D eigenvalue weighted by Crippen LogP contribution is -2.24. The zero-order valence-corrected chi connectivity index (χ0v) is 13.1. The maximum Gasteiger partial charge on any atom is 0.134 e. The lowest BCUT2D eigenvalue weighted by molar-refractivity contribution is 0.737. The molecule has 3 rings (SSSR count). The molecule has 0 saturated heterocycles. The first kappa shape index (κ1) is 14.0. The van der Waals surface area contributed by atoms with Gasteiger partial charge >= 0.3 is 0 Å². The Morgan fingerprint density at radius 2 is 2.05 bits per heavy atom. The van der Waals surface area contributed by atoms with E-state index in [9.17, 15) is 0 Å². The van der Waals surface area contributed by atoms with E-state index < -0.39 is 0 Å². The van der Waals surface area contributed by atoms with Crippen LogP contribution in [-0.4, -0.2) is 12.0 Å². The predicted molar refractivity (Wildman–Crippen MR) is 90.8 cm³/mol. The van der Waals surface area contributed by atoms with E-state index in [0.717, 1.165) is 22.3 Å². The van der Waals surface area contributed by atoms with Crippen molar-refractivity contribution in [1.29, 1.82) is 0 Å². The lowest BCUT2D eigenvalue weighted by atomic mass is 10.1. The molecule has 2 aromatic heterocycles. The van der Waals surface area contributed by atoms with E-state index in [1.54, 1.807) is 11.3 Å². The van der Waals surface area contributed by atoms with Gasteiger partial charge in [-0.15, -0.1) is 11.3 Å². The number of rotatable bonds is 4. The summed E-state index contributed by atoms with van der Waals surface area (Å²) in [6.07, 6.45) is 0. The van der Waals surface area contributed by atoms with Crippen LogP contribution in [0.25, 0.3) is 10.9 Å². The van der Waals surface area contributed by atoms with Crippen molar-refractivity contribution in [3.05, 3.63) is 58.3 Å². The first-order chi connectivity index (χ1) is 10.2. The fourth-order valence-corrected chi connectivity index (χ4v) is 3.33. The largest absolute Gasteiger partial charge is 0.352 e. The third-order valence-corrected chi connectivity index (χ3v) is 4.91. The Labute approximate surface area is 129 Å². The molecule has 1 aromatic carbocycles. The highest BCUT2D eigenvalue weighted by molar-refractivity contribution is 7.10. The molecule has 0 aliphatic carbocycles. The molecular formula is C17H19N3S. The number of para-hydroxylation sites is 1. The molecule has 108 valence electrons. The van der Waals surface area contributed by atoms with Gasteiger partial charge in [-0.2, -0.15) is 0 Å². The molecule has 21 heavy (non-hydrogen) atoms. The van der Waals surface area contributed by atoms with Gasteiger partial charge in [0.05, 0.1) is 11.6 Å². The number of hydrogen-bond donors (Lipinski definition) is 1. The third kappa shape index (κ3) is 2.64. The summed E-state index contributed by atoms with van der Waals surface area (Å²) in [7, 11) is 2.08. The first-order valence-electron chi connectivity index (χ1n) is 7.05. The van der Waals surface area contributed by atoms with Crippen LogP contribution < -0.4 is 10.6 Å². The summed E-state index contributed by atoms with van der Waals surface area (Å²) in [5.74, 6) is 0.970. The fraction of sp³-hybridized carbons (Fsp3) is 0.235. The van der Waals surface area contributed by atoms with Crippen LogP contribution in [0.3, 0.4) is 0 Å². The lowest BCUT2D eigenvalue weighted by Gasteiger charge is -2.27. The van der Waals surface area contributed by atoms with Gasteiger partial charge in [0.1, 0.15) is 5.82 Å². The van der Waals surface area contributed by atoms with Gasteiger partial charge in [-0.05, 0) is 30.5 Å². The van der Waals surface area contributed by atoms with Gasteiger partial charge in [-0.3, -0.25) is 0 Å². The van der Waals surface area contributed by atoms with Crippen molar-refractivity contribution in [1.82, 2.24) is 4.98 Å². The summed E-state index contributed by atoms with van der Waals surface area (Å²) < 4.78 is 0. The highest BCUT2D eigenvalue weighted by Gasteiger charge is 2.17. The Morgan fingerprint density at radius 1 is 1.24 bits per heavy atom. The second-order valence-corrected chi connectivity index (χ2v) is 6.15. The van der Waals surface area contributed by atoms with E-state index in [2.05, 4.69) is 48.5 Å².